The van der Waals surface area contributed by atoms with Gasteiger partial charge in [-0.15, -0.1) is 0 Å². The van der Waals surface area contributed by atoms with Gasteiger partial charge in [0.1, 0.15) is 5.82 Å². The van der Waals surface area contributed by atoms with Crippen molar-refractivity contribution in [3.63, 3.8) is 0 Å². The molecule has 0 amide bonds. The van der Waals surface area contributed by atoms with Gasteiger partial charge in [-0.2, -0.15) is 0 Å². The van der Waals surface area contributed by atoms with E-state index in [0.29, 0.717) is 6.04 Å². The Labute approximate surface area is 111 Å². The van der Waals surface area contributed by atoms with Crippen LogP contribution in [-0.2, 0) is 0 Å². The fraction of sp³-hybridized carbons (Fsp3) is 0.615. The van der Waals surface area contributed by atoms with Crippen molar-refractivity contribution in [1.82, 2.24) is 10.3 Å². The van der Waals surface area contributed by atoms with Crippen LogP contribution >= 0.6 is 15.9 Å². The topological polar surface area (TPSA) is 28.2 Å². The quantitative estimate of drug-likeness (QED) is 0.862. The fourth-order valence-corrected chi connectivity index (χ4v) is 3.26. The molecule has 0 bridgehead atoms. The molecule has 1 aromatic rings. The van der Waals surface area contributed by atoms with E-state index in [-0.39, 0.29) is 0 Å². The summed E-state index contributed by atoms with van der Waals surface area (Å²) in [6, 6.07) is 4.90. The van der Waals surface area contributed by atoms with Crippen LogP contribution in [0.15, 0.2) is 16.6 Å². The molecule has 2 unspecified atom stereocenters. The van der Waals surface area contributed by atoms with E-state index in [1.807, 2.05) is 0 Å². The number of aromatic nitrogens is 1. The van der Waals surface area contributed by atoms with Crippen molar-refractivity contribution in [2.24, 2.45) is 5.92 Å². The van der Waals surface area contributed by atoms with Gasteiger partial charge in [-0.25, -0.2) is 4.98 Å². The van der Waals surface area contributed by atoms with Crippen LogP contribution in [0, 0.1) is 12.8 Å². The van der Waals surface area contributed by atoms with E-state index in [1.54, 1.807) is 0 Å². The Balaban J connectivity index is 1.89. The first-order valence-corrected chi connectivity index (χ1v) is 7.15. The molecule has 3 heterocycles. The third-order valence-corrected chi connectivity index (χ3v) is 4.82. The average Bonchev–Trinajstić information content (AvgIpc) is 2.80. The standard InChI is InChI=1S/C13H18BrN3/c1-9-11(14)4-5-13(16-9)17-6-2-3-10-7-15-8-12(10)17/h4-5,10,12,15H,2-3,6-8H2,1H3. The first kappa shape index (κ1) is 11.5. The number of aryl methyl sites for hydroxylation is 1. The van der Waals surface area contributed by atoms with Crippen LogP contribution in [0.25, 0.3) is 0 Å². The monoisotopic (exact) mass is 295 g/mol. The van der Waals surface area contributed by atoms with Crippen molar-refractivity contribution < 1.29 is 0 Å². The molecule has 2 aliphatic heterocycles. The zero-order valence-electron chi connectivity index (χ0n) is 10.1. The predicted octanol–water partition coefficient (Wildman–Crippen LogP) is 2.34. The van der Waals surface area contributed by atoms with Crippen LogP contribution < -0.4 is 10.2 Å². The maximum Gasteiger partial charge on any atom is 0.129 e. The maximum atomic E-state index is 4.71. The fourth-order valence-electron chi connectivity index (χ4n) is 3.04. The molecule has 0 saturated carbocycles. The van der Waals surface area contributed by atoms with E-state index in [1.165, 1.54) is 19.4 Å². The molecular weight excluding hydrogens is 278 g/mol. The number of hydrogen-bond donors (Lipinski definition) is 1. The van der Waals surface area contributed by atoms with E-state index < -0.39 is 0 Å². The van der Waals surface area contributed by atoms with Gasteiger partial charge in [0, 0.05) is 30.1 Å². The molecule has 0 spiro atoms. The Bertz CT molecular complexity index is 421. The van der Waals surface area contributed by atoms with Crippen LogP contribution in [0.1, 0.15) is 18.5 Å². The predicted molar refractivity (Wildman–Crippen MR) is 73.4 cm³/mol. The largest absolute Gasteiger partial charge is 0.352 e. The Morgan fingerprint density at radius 2 is 2.29 bits per heavy atom. The number of piperidine rings is 1. The molecule has 4 heteroatoms. The molecule has 0 aromatic carbocycles. The lowest BCUT2D eigenvalue weighted by Gasteiger charge is -2.38. The summed E-state index contributed by atoms with van der Waals surface area (Å²) in [5, 5.41) is 3.51. The molecule has 2 aliphatic rings. The molecule has 2 fully saturated rings. The van der Waals surface area contributed by atoms with Crippen molar-refractivity contribution in [2.75, 3.05) is 24.5 Å². The summed E-state index contributed by atoms with van der Waals surface area (Å²) < 4.78 is 1.10. The van der Waals surface area contributed by atoms with Crippen LogP contribution in [0.2, 0.25) is 0 Å². The minimum Gasteiger partial charge on any atom is -0.352 e. The van der Waals surface area contributed by atoms with Crippen molar-refractivity contribution in [3.05, 3.63) is 22.3 Å². The molecule has 3 rings (SSSR count). The van der Waals surface area contributed by atoms with Crippen LogP contribution in [0.3, 0.4) is 0 Å². The van der Waals surface area contributed by atoms with Gasteiger partial charge in [-0.05, 0) is 53.7 Å². The summed E-state index contributed by atoms with van der Waals surface area (Å²) >= 11 is 3.52. The maximum absolute atomic E-state index is 4.71. The highest BCUT2D eigenvalue weighted by Crippen LogP contribution is 2.30. The van der Waals surface area contributed by atoms with Crippen LogP contribution in [0.5, 0.6) is 0 Å². The molecule has 1 N–H and O–H groups in total. The molecule has 2 saturated heterocycles. The highest BCUT2D eigenvalue weighted by molar-refractivity contribution is 9.10. The lowest BCUT2D eigenvalue weighted by Crippen LogP contribution is -2.45. The number of nitrogens with one attached hydrogen (secondary N) is 1. The number of hydrogen-bond acceptors (Lipinski definition) is 3. The summed E-state index contributed by atoms with van der Waals surface area (Å²) in [5.41, 5.74) is 1.08. The number of anilines is 1. The zero-order chi connectivity index (χ0) is 11.8. The van der Waals surface area contributed by atoms with E-state index in [0.717, 1.165) is 35.0 Å². The third kappa shape index (κ3) is 2.08. The van der Waals surface area contributed by atoms with Gasteiger partial charge in [0.15, 0.2) is 0 Å². The molecule has 3 nitrogen and oxygen atoms in total. The van der Waals surface area contributed by atoms with Gasteiger partial charge in [0.05, 0.1) is 5.69 Å². The Morgan fingerprint density at radius 3 is 3.12 bits per heavy atom. The molecular formula is C13H18BrN3. The minimum absolute atomic E-state index is 0.650. The highest BCUT2D eigenvalue weighted by Gasteiger charge is 2.35. The second kappa shape index (κ2) is 4.58. The summed E-state index contributed by atoms with van der Waals surface area (Å²) in [4.78, 5) is 7.20. The Hall–Kier alpha value is -0.610. The number of halogens is 1. The number of fused-ring (bicyclic) bond motifs is 1. The zero-order valence-corrected chi connectivity index (χ0v) is 11.7. The first-order chi connectivity index (χ1) is 8.25. The molecule has 0 radical (unpaired) electrons. The van der Waals surface area contributed by atoms with Gasteiger partial charge in [0.2, 0.25) is 0 Å². The second-order valence-electron chi connectivity index (χ2n) is 5.06. The highest BCUT2D eigenvalue weighted by atomic mass is 79.9. The average molecular weight is 296 g/mol. The van der Waals surface area contributed by atoms with Gasteiger partial charge in [0.25, 0.3) is 0 Å². The Morgan fingerprint density at radius 1 is 1.41 bits per heavy atom. The number of pyridine rings is 1. The second-order valence-corrected chi connectivity index (χ2v) is 5.91. The van der Waals surface area contributed by atoms with Gasteiger partial charge >= 0.3 is 0 Å². The summed E-state index contributed by atoms with van der Waals surface area (Å²) in [5.74, 6) is 1.96. The number of nitrogens with zero attached hydrogens (tertiary/aromatic N) is 2. The van der Waals surface area contributed by atoms with E-state index in [9.17, 15) is 0 Å². The van der Waals surface area contributed by atoms with Crippen molar-refractivity contribution in [3.8, 4) is 0 Å². The van der Waals surface area contributed by atoms with Gasteiger partial charge in [-0.3, -0.25) is 0 Å². The van der Waals surface area contributed by atoms with Gasteiger partial charge < -0.3 is 10.2 Å². The molecule has 0 aliphatic carbocycles. The SMILES string of the molecule is Cc1nc(N2CCCC3CNCC32)ccc1Br. The van der Waals surface area contributed by atoms with Crippen LogP contribution in [-0.4, -0.2) is 30.7 Å². The van der Waals surface area contributed by atoms with Crippen molar-refractivity contribution in [1.29, 1.82) is 0 Å². The van der Waals surface area contributed by atoms with Crippen LogP contribution in [0.4, 0.5) is 5.82 Å². The lowest BCUT2D eigenvalue weighted by atomic mass is 9.92. The van der Waals surface area contributed by atoms with E-state index >= 15 is 0 Å². The van der Waals surface area contributed by atoms with Crippen molar-refractivity contribution in [2.45, 2.75) is 25.8 Å². The minimum atomic E-state index is 0.650. The number of rotatable bonds is 1. The lowest BCUT2D eigenvalue weighted by molar-refractivity contribution is 0.383. The summed E-state index contributed by atoms with van der Waals surface area (Å²) in [6.07, 6.45) is 2.66. The smallest absolute Gasteiger partial charge is 0.129 e. The van der Waals surface area contributed by atoms with E-state index in [4.69, 9.17) is 4.98 Å². The van der Waals surface area contributed by atoms with E-state index in [2.05, 4.69) is 45.2 Å². The Kier molecular flexibility index (Phi) is 3.09. The molecule has 17 heavy (non-hydrogen) atoms. The molecule has 92 valence electrons. The first-order valence-electron chi connectivity index (χ1n) is 6.36. The van der Waals surface area contributed by atoms with Gasteiger partial charge in [-0.1, -0.05) is 0 Å². The molecule has 1 aromatic heterocycles. The molecule has 2 atom stereocenters. The summed E-state index contributed by atoms with van der Waals surface area (Å²) in [6.45, 7) is 5.50. The third-order valence-electron chi connectivity index (χ3n) is 3.98. The normalized spacial score (nSPS) is 28.2. The van der Waals surface area contributed by atoms with Crippen molar-refractivity contribution >= 4 is 21.7 Å². The summed E-state index contributed by atoms with van der Waals surface area (Å²) in [7, 11) is 0.